The van der Waals surface area contributed by atoms with E-state index in [0.29, 0.717) is 19.8 Å². The van der Waals surface area contributed by atoms with Crippen molar-refractivity contribution >= 4 is 10.9 Å². The molecule has 1 aliphatic rings. The van der Waals surface area contributed by atoms with Gasteiger partial charge < -0.3 is 24.1 Å². The Morgan fingerprint density at radius 2 is 1.19 bits per heavy atom. The fraction of sp³-hybridized carbons (Fsp3) is 0.238. The van der Waals surface area contributed by atoms with Crippen LogP contribution >= 0.6 is 0 Å². The third-order valence-electron chi connectivity index (χ3n) is 9.06. The summed E-state index contributed by atoms with van der Waals surface area (Å²) in [7, 11) is 0. The standard InChI is InChI=1S/C42H43N3O3/c1-32-40-28-39(48-31-35-10-6-3-7-11-35)20-21-41(40)45(29-33-12-16-37(17-13-33)46-27-26-44-24-22-43-23-25-44)42(32)36-14-18-38(19-15-36)47-30-34-8-4-2-5-9-34/h2-21,28,43H,22-27,29-31H2,1H3. The summed E-state index contributed by atoms with van der Waals surface area (Å²) in [6, 6.07) is 44.1. The predicted molar refractivity (Wildman–Crippen MR) is 194 cm³/mol. The lowest BCUT2D eigenvalue weighted by Crippen LogP contribution is -2.44. The normalized spacial score (nSPS) is 13.4. The molecule has 48 heavy (non-hydrogen) atoms. The fourth-order valence-corrected chi connectivity index (χ4v) is 6.42. The van der Waals surface area contributed by atoms with Crippen LogP contribution in [0.15, 0.2) is 127 Å². The number of nitrogens with one attached hydrogen (secondary N) is 1. The van der Waals surface area contributed by atoms with Crippen molar-refractivity contribution in [3.05, 3.63) is 150 Å². The van der Waals surface area contributed by atoms with Gasteiger partial charge in [0.05, 0.1) is 5.69 Å². The molecule has 6 heteroatoms. The monoisotopic (exact) mass is 637 g/mol. The van der Waals surface area contributed by atoms with E-state index in [0.717, 1.165) is 73.2 Å². The summed E-state index contributed by atoms with van der Waals surface area (Å²) in [5.74, 6) is 2.63. The number of aromatic nitrogens is 1. The number of piperazine rings is 1. The van der Waals surface area contributed by atoms with Crippen molar-refractivity contribution in [1.29, 1.82) is 0 Å². The van der Waals surface area contributed by atoms with Crippen LogP contribution in [-0.2, 0) is 19.8 Å². The van der Waals surface area contributed by atoms with E-state index < -0.39 is 0 Å². The Morgan fingerprint density at radius 1 is 0.604 bits per heavy atom. The highest BCUT2D eigenvalue weighted by atomic mass is 16.5. The number of benzene rings is 5. The number of rotatable bonds is 13. The third-order valence-corrected chi connectivity index (χ3v) is 9.06. The van der Waals surface area contributed by atoms with Gasteiger partial charge in [-0.3, -0.25) is 4.90 Å². The van der Waals surface area contributed by atoms with Crippen LogP contribution in [0.4, 0.5) is 0 Å². The van der Waals surface area contributed by atoms with E-state index in [2.05, 4.69) is 113 Å². The smallest absolute Gasteiger partial charge is 0.120 e. The quantitative estimate of drug-likeness (QED) is 0.139. The van der Waals surface area contributed by atoms with Gasteiger partial charge in [0.15, 0.2) is 0 Å². The molecule has 0 atom stereocenters. The minimum absolute atomic E-state index is 0.535. The highest BCUT2D eigenvalue weighted by Gasteiger charge is 2.18. The van der Waals surface area contributed by atoms with E-state index in [-0.39, 0.29) is 0 Å². The van der Waals surface area contributed by atoms with E-state index >= 15 is 0 Å². The molecule has 0 radical (unpaired) electrons. The highest BCUT2D eigenvalue weighted by Crippen LogP contribution is 2.37. The van der Waals surface area contributed by atoms with Crippen molar-refractivity contribution < 1.29 is 14.2 Å². The van der Waals surface area contributed by atoms with E-state index in [1.807, 2.05) is 36.4 Å². The van der Waals surface area contributed by atoms with Gasteiger partial charge in [-0.15, -0.1) is 0 Å². The maximum atomic E-state index is 6.25. The zero-order valence-electron chi connectivity index (χ0n) is 27.6. The minimum Gasteiger partial charge on any atom is -0.492 e. The van der Waals surface area contributed by atoms with Gasteiger partial charge in [-0.05, 0) is 89.3 Å². The Morgan fingerprint density at radius 3 is 1.85 bits per heavy atom. The molecule has 1 fully saturated rings. The second-order valence-electron chi connectivity index (χ2n) is 12.4. The molecule has 0 amide bonds. The molecular weight excluding hydrogens is 594 g/mol. The van der Waals surface area contributed by atoms with Crippen LogP contribution < -0.4 is 19.5 Å². The molecule has 244 valence electrons. The summed E-state index contributed by atoms with van der Waals surface area (Å²) < 4.78 is 20.9. The Hall–Kier alpha value is -5.04. The van der Waals surface area contributed by atoms with Gasteiger partial charge in [0.1, 0.15) is 37.1 Å². The first-order valence-corrected chi connectivity index (χ1v) is 16.9. The summed E-state index contributed by atoms with van der Waals surface area (Å²) in [6.07, 6.45) is 0. The molecule has 0 bridgehead atoms. The maximum Gasteiger partial charge on any atom is 0.120 e. The first-order chi connectivity index (χ1) is 23.7. The Balaban J connectivity index is 1.13. The van der Waals surface area contributed by atoms with Crippen LogP contribution in [0, 0.1) is 6.92 Å². The molecule has 1 aliphatic heterocycles. The summed E-state index contributed by atoms with van der Waals surface area (Å²) in [5, 5.41) is 4.59. The Kier molecular flexibility index (Phi) is 10.0. The molecule has 6 aromatic rings. The van der Waals surface area contributed by atoms with E-state index in [1.54, 1.807) is 0 Å². The average Bonchev–Trinajstić information content (AvgIpc) is 3.42. The van der Waals surface area contributed by atoms with Gasteiger partial charge in [-0.1, -0.05) is 72.8 Å². The van der Waals surface area contributed by atoms with Crippen molar-refractivity contribution in [2.75, 3.05) is 39.3 Å². The summed E-state index contributed by atoms with van der Waals surface area (Å²) in [4.78, 5) is 2.45. The molecule has 6 nitrogen and oxygen atoms in total. The number of aryl methyl sites for hydroxylation is 1. The molecule has 1 N–H and O–H groups in total. The number of hydrogen-bond donors (Lipinski definition) is 1. The number of ether oxygens (including phenoxy) is 3. The first kappa shape index (κ1) is 31.6. The van der Waals surface area contributed by atoms with Gasteiger partial charge >= 0.3 is 0 Å². The van der Waals surface area contributed by atoms with Crippen LogP contribution in [0.5, 0.6) is 17.2 Å². The SMILES string of the molecule is Cc1c(-c2ccc(OCc3ccccc3)cc2)n(Cc2ccc(OCCN3CCNCC3)cc2)c2ccc(OCc3ccccc3)cc12. The molecule has 2 heterocycles. The molecular formula is C42H43N3O3. The summed E-state index contributed by atoms with van der Waals surface area (Å²) in [5.41, 5.74) is 8.26. The van der Waals surface area contributed by atoms with Crippen LogP contribution in [0.3, 0.4) is 0 Å². The maximum absolute atomic E-state index is 6.25. The van der Waals surface area contributed by atoms with Crippen LogP contribution in [-0.4, -0.2) is 48.8 Å². The lowest BCUT2D eigenvalue weighted by Gasteiger charge is -2.26. The summed E-state index contributed by atoms with van der Waals surface area (Å²) in [6.45, 7) is 9.95. The average molecular weight is 638 g/mol. The molecule has 1 aromatic heterocycles. The van der Waals surface area contributed by atoms with Crippen LogP contribution in [0.25, 0.3) is 22.2 Å². The lowest BCUT2D eigenvalue weighted by atomic mass is 10.1. The Bertz CT molecular complexity index is 1900. The Labute approximate surface area is 283 Å². The van der Waals surface area contributed by atoms with Gasteiger partial charge in [0.2, 0.25) is 0 Å². The van der Waals surface area contributed by atoms with E-state index in [4.69, 9.17) is 14.2 Å². The number of nitrogens with zero attached hydrogens (tertiary/aromatic N) is 2. The molecule has 7 rings (SSSR count). The summed E-state index contributed by atoms with van der Waals surface area (Å²) >= 11 is 0. The zero-order valence-corrected chi connectivity index (χ0v) is 27.6. The van der Waals surface area contributed by atoms with Gasteiger partial charge in [0.25, 0.3) is 0 Å². The van der Waals surface area contributed by atoms with Crippen molar-refractivity contribution in [3.63, 3.8) is 0 Å². The molecule has 1 saturated heterocycles. The highest BCUT2D eigenvalue weighted by molar-refractivity contribution is 5.92. The van der Waals surface area contributed by atoms with E-state index in [1.165, 1.54) is 27.7 Å². The number of fused-ring (bicyclic) bond motifs is 1. The minimum atomic E-state index is 0.535. The first-order valence-electron chi connectivity index (χ1n) is 16.9. The number of hydrogen-bond acceptors (Lipinski definition) is 5. The van der Waals surface area contributed by atoms with Crippen molar-refractivity contribution in [1.82, 2.24) is 14.8 Å². The van der Waals surface area contributed by atoms with Crippen molar-refractivity contribution in [3.8, 4) is 28.5 Å². The molecule has 0 unspecified atom stereocenters. The van der Waals surface area contributed by atoms with Crippen LogP contribution in [0.1, 0.15) is 22.3 Å². The zero-order chi connectivity index (χ0) is 32.5. The van der Waals surface area contributed by atoms with Gasteiger partial charge in [-0.25, -0.2) is 0 Å². The van der Waals surface area contributed by atoms with Gasteiger partial charge in [-0.2, -0.15) is 0 Å². The lowest BCUT2D eigenvalue weighted by molar-refractivity contribution is 0.191. The van der Waals surface area contributed by atoms with Crippen LogP contribution in [0.2, 0.25) is 0 Å². The second kappa shape index (κ2) is 15.2. The largest absolute Gasteiger partial charge is 0.492 e. The van der Waals surface area contributed by atoms with E-state index in [9.17, 15) is 0 Å². The predicted octanol–water partition coefficient (Wildman–Crippen LogP) is 8.11. The van der Waals surface area contributed by atoms with Gasteiger partial charge in [0, 0.05) is 50.2 Å². The fourth-order valence-electron chi connectivity index (χ4n) is 6.42. The van der Waals surface area contributed by atoms with Crippen molar-refractivity contribution in [2.24, 2.45) is 0 Å². The molecule has 5 aromatic carbocycles. The topological polar surface area (TPSA) is 47.9 Å². The molecule has 0 saturated carbocycles. The molecule has 0 spiro atoms. The second-order valence-corrected chi connectivity index (χ2v) is 12.4. The van der Waals surface area contributed by atoms with Crippen molar-refractivity contribution in [2.45, 2.75) is 26.7 Å². The molecule has 0 aliphatic carbocycles. The third kappa shape index (κ3) is 7.73.